The van der Waals surface area contributed by atoms with Gasteiger partial charge in [0.2, 0.25) is 0 Å². The summed E-state index contributed by atoms with van der Waals surface area (Å²) in [6.07, 6.45) is 0. The Morgan fingerprint density at radius 2 is 1.06 bits per heavy atom. The van der Waals surface area contributed by atoms with E-state index in [4.69, 9.17) is 4.74 Å². The molecule has 0 amide bonds. The number of aromatic hydroxyl groups is 2. The molecule has 0 heterocycles. The van der Waals surface area contributed by atoms with Gasteiger partial charge in [-0.25, -0.2) is 0 Å². The van der Waals surface area contributed by atoms with E-state index >= 15 is 0 Å². The van der Waals surface area contributed by atoms with Crippen molar-refractivity contribution in [2.75, 3.05) is 7.11 Å². The molecular weight excluding hydrogens is 384 g/mol. The largest absolute Gasteiger partial charge is 0.507 e. The number of benzene rings is 5. The summed E-state index contributed by atoms with van der Waals surface area (Å²) in [5.74, 6) is 0.867. The van der Waals surface area contributed by atoms with Crippen LogP contribution in [0.5, 0.6) is 17.2 Å². The molecule has 152 valence electrons. The lowest BCUT2D eigenvalue weighted by Crippen LogP contribution is -2.05. The first kappa shape index (κ1) is 19.0. The number of hydrogen-bond donors (Lipinski definition) is 2. The van der Waals surface area contributed by atoms with E-state index < -0.39 is 0 Å². The molecule has 0 atom stereocenters. The van der Waals surface area contributed by atoms with E-state index in [2.05, 4.69) is 0 Å². The maximum absolute atomic E-state index is 11.2. The quantitative estimate of drug-likeness (QED) is 0.331. The molecule has 5 rings (SSSR count). The third-order valence-electron chi connectivity index (χ3n) is 5.93. The Morgan fingerprint density at radius 1 is 0.581 bits per heavy atom. The van der Waals surface area contributed by atoms with Crippen molar-refractivity contribution in [1.29, 1.82) is 0 Å². The van der Waals surface area contributed by atoms with Crippen LogP contribution in [-0.4, -0.2) is 17.3 Å². The van der Waals surface area contributed by atoms with E-state index in [9.17, 15) is 10.2 Å². The Balaban J connectivity index is 1.78. The predicted octanol–water partition coefficient (Wildman–Crippen LogP) is 6.59. The molecule has 3 nitrogen and oxygen atoms in total. The molecule has 0 aliphatic rings. The summed E-state index contributed by atoms with van der Waals surface area (Å²) in [6.45, 7) is 0. The van der Waals surface area contributed by atoms with Crippen LogP contribution in [0.25, 0.3) is 21.5 Å². The molecule has 3 heteroatoms. The molecule has 31 heavy (non-hydrogen) atoms. The minimum Gasteiger partial charge on any atom is -0.507 e. The molecule has 0 bridgehead atoms. The molecule has 0 aliphatic carbocycles. The monoisotopic (exact) mass is 406 g/mol. The number of rotatable bonds is 4. The molecule has 0 radical (unpaired) electrons. The second kappa shape index (κ2) is 7.69. The molecule has 0 aromatic heterocycles. The van der Waals surface area contributed by atoms with Gasteiger partial charge in [-0.3, -0.25) is 0 Å². The Bertz CT molecular complexity index is 1300. The van der Waals surface area contributed by atoms with Crippen LogP contribution in [0.15, 0.2) is 97.1 Å². The van der Waals surface area contributed by atoms with Gasteiger partial charge < -0.3 is 14.9 Å². The number of ether oxygens (including phenoxy) is 1. The summed E-state index contributed by atoms with van der Waals surface area (Å²) >= 11 is 0. The van der Waals surface area contributed by atoms with E-state index in [0.29, 0.717) is 0 Å². The zero-order chi connectivity index (χ0) is 21.4. The van der Waals surface area contributed by atoms with Gasteiger partial charge in [0.1, 0.15) is 17.2 Å². The van der Waals surface area contributed by atoms with Gasteiger partial charge in [0, 0.05) is 27.8 Å². The highest BCUT2D eigenvalue weighted by atomic mass is 16.5. The molecule has 5 aromatic rings. The molecule has 0 fully saturated rings. The first-order chi connectivity index (χ1) is 15.2. The summed E-state index contributed by atoms with van der Waals surface area (Å²) in [4.78, 5) is 0. The lowest BCUT2D eigenvalue weighted by Gasteiger charge is -2.23. The Labute approximate surface area is 180 Å². The number of fused-ring (bicyclic) bond motifs is 2. The Hall–Kier alpha value is -3.98. The maximum Gasteiger partial charge on any atom is 0.127 e. The molecule has 0 saturated heterocycles. The minimum atomic E-state index is -0.347. The van der Waals surface area contributed by atoms with E-state index in [1.54, 1.807) is 7.11 Å². The van der Waals surface area contributed by atoms with Crippen LogP contribution in [0.1, 0.15) is 22.6 Å². The topological polar surface area (TPSA) is 49.7 Å². The summed E-state index contributed by atoms with van der Waals surface area (Å²) in [7, 11) is 1.64. The molecule has 0 saturated carbocycles. The van der Waals surface area contributed by atoms with Gasteiger partial charge >= 0.3 is 0 Å². The van der Waals surface area contributed by atoms with Gasteiger partial charge in [-0.1, -0.05) is 84.9 Å². The zero-order valence-electron chi connectivity index (χ0n) is 17.1. The molecule has 0 unspecified atom stereocenters. The summed E-state index contributed by atoms with van der Waals surface area (Å²) in [6, 6.07) is 31.2. The standard InChI is InChI=1S/C28H22O3/c1-31-21-14-10-20(11-15-21)26(24-16-12-18-6-2-4-8-22(18)27(24)29)25-17-13-19-7-3-5-9-23(19)28(25)30/h2-17,26,29-30H,1H3. The number of phenolic OH excluding ortho intramolecular Hbond substituents is 2. The van der Waals surface area contributed by atoms with Gasteiger partial charge in [-0.15, -0.1) is 0 Å². The van der Waals surface area contributed by atoms with Crippen LogP contribution in [0, 0.1) is 0 Å². The van der Waals surface area contributed by atoms with E-state index in [0.717, 1.165) is 44.0 Å². The highest BCUT2D eigenvalue weighted by molar-refractivity contribution is 5.92. The van der Waals surface area contributed by atoms with Crippen molar-refractivity contribution in [1.82, 2.24) is 0 Å². The number of phenols is 2. The number of methoxy groups -OCH3 is 1. The van der Waals surface area contributed by atoms with Crippen molar-refractivity contribution in [2.45, 2.75) is 5.92 Å². The van der Waals surface area contributed by atoms with E-state index in [1.165, 1.54) is 0 Å². The van der Waals surface area contributed by atoms with Crippen LogP contribution in [-0.2, 0) is 0 Å². The smallest absolute Gasteiger partial charge is 0.127 e. The summed E-state index contributed by atoms with van der Waals surface area (Å²) in [5, 5.41) is 26.0. The SMILES string of the molecule is COc1ccc(C(c2ccc3ccccc3c2O)c2ccc3ccccc3c2O)cc1. The normalized spacial score (nSPS) is 11.3. The van der Waals surface area contributed by atoms with Crippen LogP contribution >= 0.6 is 0 Å². The second-order valence-corrected chi connectivity index (χ2v) is 7.66. The van der Waals surface area contributed by atoms with Crippen molar-refractivity contribution >= 4 is 21.5 Å². The highest BCUT2D eigenvalue weighted by Gasteiger charge is 2.25. The van der Waals surface area contributed by atoms with Crippen LogP contribution in [0.3, 0.4) is 0 Å². The summed E-state index contributed by atoms with van der Waals surface area (Å²) in [5.41, 5.74) is 2.45. The first-order valence-corrected chi connectivity index (χ1v) is 10.2. The average molecular weight is 406 g/mol. The van der Waals surface area contributed by atoms with Gasteiger partial charge in [0.05, 0.1) is 7.11 Å². The second-order valence-electron chi connectivity index (χ2n) is 7.66. The van der Waals surface area contributed by atoms with Gasteiger partial charge in [0.15, 0.2) is 0 Å². The van der Waals surface area contributed by atoms with Crippen molar-refractivity contribution in [2.24, 2.45) is 0 Å². The lowest BCUT2D eigenvalue weighted by atomic mass is 9.82. The Kier molecular flexibility index (Phi) is 4.72. The third-order valence-corrected chi connectivity index (χ3v) is 5.93. The molecule has 0 aliphatic heterocycles. The van der Waals surface area contributed by atoms with Crippen molar-refractivity contribution < 1.29 is 14.9 Å². The Morgan fingerprint density at radius 3 is 1.55 bits per heavy atom. The average Bonchev–Trinajstić information content (AvgIpc) is 2.83. The fourth-order valence-electron chi connectivity index (χ4n) is 4.33. The van der Waals surface area contributed by atoms with Gasteiger partial charge in [0.25, 0.3) is 0 Å². The van der Waals surface area contributed by atoms with E-state index in [-0.39, 0.29) is 17.4 Å². The first-order valence-electron chi connectivity index (χ1n) is 10.2. The fourth-order valence-corrected chi connectivity index (χ4v) is 4.33. The minimum absolute atomic E-state index is 0.228. The van der Waals surface area contributed by atoms with Gasteiger partial charge in [-0.2, -0.15) is 0 Å². The highest BCUT2D eigenvalue weighted by Crippen LogP contribution is 2.45. The van der Waals surface area contributed by atoms with Crippen molar-refractivity contribution in [3.8, 4) is 17.2 Å². The van der Waals surface area contributed by atoms with Crippen LogP contribution in [0.2, 0.25) is 0 Å². The van der Waals surface area contributed by atoms with Gasteiger partial charge in [-0.05, 0) is 28.5 Å². The molecular formula is C28H22O3. The fraction of sp³-hybridized carbons (Fsp3) is 0.0714. The van der Waals surface area contributed by atoms with Crippen LogP contribution in [0.4, 0.5) is 0 Å². The van der Waals surface area contributed by atoms with Crippen molar-refractivity contribution in [3.05, 3.63) is 114 Å². The maximum atomic E-state index is 11.2. The zero-order valence-corrected chi connectivity index (χ0v) is 17.1. The van der Waals surface area contributed by atoms with Crippen LogP contribution < -0.4 is 4.74 Å². The van der Waals surface area contributed by atoms with Crippen molar-refractivity contribution in [3.63, 3.8) is 0 Å². The third kappa shape index (κ3) is 3.24. The predicted molar refractivity (Wildman–Crippen MR) is 125 cm³/mol. The molecule has 2 N–H and O–H groups in total. The number of hydrogen-bond acceptors (Lipinski definition) is 3. The lowest BCUT2D eigenvalue weighted by molar-refractivity contribution is 0.414. The summed E-state index contributed by atoms with van der Waals surface area (Å²) < 4.78 is 5.32. The molecule has 0 spiro atoms. The molecule has 5 aromatic carbocycles. The van der Waals surface area contributed by atoms with E-state index in [1.807, 2.05) is 97.1 Å².